The molecule has 0 bridgehead atoms. The topological polar surface area (TPSA) is 64.0 Å². The molecule has 0 fully saturated rings. The first-order valence-corrected chi connectivity index (χ1v) is 6.78. The second-order valence-electron chi connectivity index (χ2n) is 4.78. The average molecular weight is 273 g/mol. The highest BCUT2D eigenvalue weighted by atomic mass is 16.1. The van der Waals surface area contributed by atoms with Crippen molar-refractivity contribution in [3.05, 3.63) is 39.9 Å². The van der Waals surface area contributed by atoms with Gasteiger partial charge in [0.25, 0.3) is 5.56 Å². The minimum atomic E-state index is -0.0765. The molecule has 0 saturated heterocycles. The van der Waals surface area contributed by atoms with E-state index in [-0.39, 0.29) is 11.5 Å². The van der Waals surface area contributed by atoms with Gasteiger partial charge in [-0.15, -0.1) is 0 Å². The van der Waals surface area contributed by atoms with Crippen LogP contribution in [0.2, 0.25) is 0 Å². The maximum absolute atomic E-state index is 12.5. The fourth-order valence-electron chi connectivity index (χ4n) is 2.30. The monoisotopic (exact) mass is 273 g/mol. The Labute approximate surface area is 117 Å². The summed E-state index contributed by atoms with van der Waals surface area (Å²) < 4.78 is 1.67. The van der Waals surface area contributed by atoms with Crippen molar-refractivity contribution in [3.63, 3.8) is 0 Å². The molecule has 0 saturated carbocycles. The number of fused-ring (bicyclic) bond motifs is 1. The SMILES string of the molecule is CCn1c(CCNC(C)=O)nc2c(C)cccc2c1=O. The van der Waals surface area contributed by atoms with Gasteiger partial charge in [-0.3, -0.25) is 14.2 Å². The van der Waals surface area contributed by atoms with Gasteiger partial charge in [0.05, 0.1) is 10.9 Å². The summed E-state index contributed by atoms with van der Waals surface area (Å²) in [6, 6.07) is 5.63. The van der Waals surface area contributed by atoms with E-state index in [4.69, 9.17) is 0 Å². The van der Waals surface area contributed by atoms with E-state index in [0.29, 0.717) is 30.7 Å². The number of para-hydroxylation sites is 1. The predicted octanol–water partition coefficient (Wildman–Crippen LogP) is 1.40. The molecule has 1 amide bonds. The number of carbonyl (C=O) groups is 1. The smallest absolute Gasteiger partial charge is 0.261 e. The van der Waals surface area contributed by atoms with Crippen LogP contribution in [0, 0.1) is 6.92 Å². The van der Waals surface area contributed by atoms with Crippen molar-refractivity contribution in [1.29, 1.82) is 0 Å². The van der Waals surface area contributed by atoms with Crippen LogP contribution in [-0.2, 0) is 17.8 Å². The molecular formula is C15H19N3O2. The molecule has 2 rings (SSSR count). The molecule has 5 heteroatoms. The van der Waals surface area contributed by atoms with Crippen LogP contribution in [0.1, 0.15) is 25.2 Å². The number of benzene rings is 1. The van der Waals surface area contributed by atoms with Crippen LogP contribution >= 0.6 is 0 Å². The zero-order valence-electron chi connectivity index (χ0n) is 12.1. The lowest BCUT2D eigenvalue weighted by Gasteiger charge is -2.12. The minimum absolute atomic E-state index is 0.0148. The number of hydrogen-bond donors (Lipinski definition) is 1. The Morgan fingerprint density at radius 1 is 1.40 bits per heavy atom. The summed E-state index contributed by atoms with van der Waals surface area (Å²) in [5.74, 6) is 0.639. The molecule has 0 spiro atoms. The lowest BCUT2D eigenvalue weighted by molar-refractivity contribution is -0.118. The van der Waals surface area contributed by atoms with Gasteiger partial charge in [-0.25, -0.2) is 4.98 Å². The summed E-state index contributed by atoms with van der Waals surface area (Å²) in [6.07, 6.45) is 0.549. The summed E-state index contributed by atoms with van der Waals surface area (Å²) in [6.45, 7) is 6.41. The Balaban J connectivity index is 2.50. The Hall–Kier alpha value is -2.17. The van der Waals surface area contributed by atoms with Crippen LogP contribution in [0.15, 0.2) is 23.0 Å². The Morgan fingerprint density at radius 3 is 2.80 bits per heavy atom. The van der Waals surface area contributed by atoms with Gasteiger partial charge in [0.15, 0.2) is 0 Å². The Bertz CT molecular complexity index is 704. The lowest BCUT2D eigenvalue weighted by atomic mass is 10.1. The van der Waals surface area contributed by atoms with Crippen molar-refractivity contribution in [2.24, 2.45) is 0 Å². The second kappa shape index (κ2) is 5.86. The Kier molecular flexibility index (Phi) is 4.17. The summed E-state index contributed by atoms with van der Waals surface area (Å²) in [5, 5.41) is 3.38. The van der Waals surface area contributed by atoms with Crippen molar-refractivity contribution >= 4 is 16.8 Å². The standard InChI is InChI=1S/C15H19N3O2/c1-4-18-13(8-9-16-11(3)19)17-14-10(2)6-5-7-12(14)15(18)20/h5-7H,4,8-9H2,1-3H3,(H,16,19). The average Bonchev–Trinajstić information content (AvgIpc) is 2.40. The molecule has 5 nitrogen and oxygen atoms in total. The fraction of sp³-hybridized carbons (Fsp3) is 0.400. The summed E-state index contributed by atoms with van der Waals surface area (Å²) in [7, 11) is 0. The fourth-order valence-corrected chi connectivity index (χ4v) is 2.30. The summed E-state index contributed by atoms with van der Waals surface area (Å²) in [5.41, 5.74) is 1.72. The first kappa shape index (κ1) is 14.2. The zero-order chi connectivity index (χ0) is 14.7. The third-order valence-corrected chi connectivity index (χ3v) is 3.30. The molecule has 1 aromatic heterocycles. The van der Waals surface area contributed by atoms with Crippen LogP contribution in [0.25, 0.3) is 10.9 Å². The van der Waals surface area contributed by atoms with Crippen LogP contribution < -0.4 is 10.9 Å². The largest absolute Gasteiger partial charge is 0.356 e. The molecule has 0 aliphatic carbocycles. The van der Waals surface area contributed by atoms with Gasteiger partial charge in [0.1, 0.15) is 5.82 Å². The molecule has 106 valence electrons. The molecule has 0 aliphatic rings. The molecule has 0 aliphatic heterocycles. The van der Waals surface area contributed by atoms with Gasteiger partial charge < -0.3 is 5.32 Å². The van der Waals surface area contributed by atoms with E-state index in [2.05, 4.69) is 10.3 Å². The summed E-state index contributed by atoms with van der Waals surface area (Å²) in [4.78, 5) is 28.0. The molecular weight excluding hydrogens is 254 g/mol. The van der Waals surface area contributed by atoms with E-state index in [9.17, 15) is 9.59 Å². The van der Waals surface area contributed by atoms with Crippen molar-refractivity contribution in [2.45, 2.75) is 33.7 Å². The first-order valence-electron chi connectivity index (χ1n) is 6.78. The molecule has 1 aromatic carbocycles. The van der Waals surface area contributed by atoms with E-state index in [1.165, 1.54) is 6.92 Å². The highest BCUT2D eigenvalue weighted by molar-refractivity contribution is 5.80. The predicted molar refractivity (Wildman–Crippen MR) is 78.8 cm³/mol. The van der Waals surface area contributed by atoms with Crippen molar-refractivity contribution in [1.82, 2.24) is 14.9 Å². The molecule has 20 heavy (non-hydrogen) atoms. The quantitative estimate of drug-likeness (QED) is 0.916. The van der Waals surface area contributed by atoms with E-state index in [0.717, 1.165) is 11.1 Å². The number of rotatable bonds is 4. The summed E-state index contributed by atoms with van der Waals surface area (Å²) >= 11 is 0. The number of aryl methyl sites for hydroxylation is 1. The number of carbonyl (C=O) groups excluding carboxylic acids is 1. The zero-order valence-corrected chi connectivity index (χ0v) is 12.1. The van der Waals surface area contributed by atoms with Crippen molar-refractivity contribution < 1.29 is 4.79 Å². The van der Waals surface area contributed by atoms with Crippen LogP contribution in [-0.4, -0.2) is 22.0 Å². The number of nitrogens with zero attached hydrogens (tertiary/aromatic N) is 2. The van der Waals surface area contributed by atoms with Crippen LogP contribution in [0.4, 0.5) is 0 Å². The second-order valence-corrected chi connectivity index (χ2v) is 4.78. The van der Waals surface area contributed by atoms with Gasteiger partial charge in [-0.05, 0) is 25.5 Å². The van der Waals surface area contributed by atoms with Gasteiger partial charge in [-0.2, -0.15) is 0 Å². The van der Waals surface area contributed by atoms with Crippen molar-refractivity contribution in [2.75, 3.05) is 6.54 Å². The molecule has 0 atom stereocenters. The molecule has 0 radical (unpaired) electrons. The number of hydrogen-bond acceptors (Lipinski definition) is 3. The normalized spacial score (nSPS) is 10.8. The van der Waals surface area contributed by atoms with E-state index >= 15 is 0 Å². The number of amides is 1. The van der Waals surface area contributed by atoms with E-state index in [1.807, 2.05) is 26.0 Å². The van der Waals surface area contributed by atoms with Crippen molar-refractivity contribution in [3.8, 4) is 0 Å². The molecule has 1 heterocycles. The van der Waals surface area contributed by atoms with Gasteiger partial charge >= 0.3 is 0 Å². The first-order chi connectivity index (χ1) is 9.54. The molecule has 2 aromatic rings. The van der Waals surface area contributed by atoms with E-state index < -0.39 is 0 Å². The van der Waals surface area contributed by atoms with Gasteiger partial charge in [0, 0.05) is 26.4 Å². The van der Waals surface area contributed by atoms with Crippen LogP contribution in [0.3, 0.4) is 0 Å². The minimum Gasteiger partial charge on any atom is -0.356 e. The number of aromatic nitrogens is 2. The maximum atomic E-state index is 12.5. The van der Waals surface area contributed by atoms with E-state index in [1.54, 1.807) is 10.6 Å². The third kappa shape index (κ3) is 2.71. The maximum Gasteiger partial charge on any atom is 0.261 e. The van der Waals surface area contributed by atoms with Gasteiger partial charge in [0.2, 0.25) is 5.91 Å². The molecule has 1 N–H and O–H groups in total. The van der Waals surface area contributed by atoms with Gasteiger partial charge in [-0.1, -0.05) is 12.1 Å². The Morgan fingerprint density at radius 2 is 2.15 bits per heavy atom. The third-order valence-electron chi connectivity index (χ3n) is 3.30. The highest BCUT2D eigenvalue weighted by Crippen LogP contribution is 2.13. The highest BCUT2D eigenvalue weighted by Gasteiger charge is 2.11. The molecule has 0 unspecified atom stereocenters. The number of nitrogens with one attached hydrogen (secondary N) is 1. The lowest BCUT2D eigenvalue weighted by Crippen LogP contribution is -2.29. The van der Waals surface area contributed by atoms with Crippen LogP contribution in [0.5, 0.6) is 0 Å².